The summed E-state index contributed by atoms with van der Waals surface area (Å²) in [5.74, 6) is -0.424. The highest BCUT2D eigenvalue weighted by atomic mass is 16.5. The zero-order valence-electron chi connectivity index (χ0n) is 9.98. The van der Waals surface area contributed by atoms with Gasteiger partial charge >= 0.3 is 5.97 Å². The van der Waals surface area contributed by atoms with Crippen LogP contribution >= 0.6 is 0 Å². The highest BCUT2D eigenvalue weighted by Crippen LogP contribution is 2.26. The van der Waals surface area contributed by atoms with Crippen molar-refractivity contribution < 1.29 is 19.7 Å². The number of carbonyl (C=O) groups excluding carboxylic acids is 1. The van der Waals surface area contributed by atoms with Crippen LogP contribution in [0.25, 0.3) is 0 Å². The number of phenols is 2. The molecule has 0 heterocycles. The van der Waals surface area contributed by atoms with Crippen LogP contribution in [0, 0.1) is 0 Å². The predicted octanol–water partition coefficient (Wildman–Crippen LogP) is 2.97. The first-order valence-corrected chi connectivity index (χ1v) is 5.85. The Morgan fingerprint density at radius 3 is 2.35 bits per heavy atom. The summed E-state index contributed by atoms with van der Waals surface area (Å²) in [5.41, 5.74) is 0. The minimum Gasteiger partial charge on any atom is -0.508 e. The Labute approximate surface area is 101 Å². The first-order chi connectivity index (χ1) is 8.11. The van der Waals surface area contributed by atoms with Gasteiger partial charge in [-0.05, 0) is 6.42 Å². The number of hydrogen-bond donors (Lipinski definition) is 2. The van der Waals surface area contributed by atoms with Gasteiger partial charge in [-0.15, -0.1) is 0 Å². The van der Waals surface area contributed by atoms with E-state index in [1.54, 1.807) is 0 Å². The Hall–Kier alpha value is -1.71. The molecule has 0 unspecified atom stereocenters. The standard InChI is InChI=1S/C13H18O4/c1-2-3-4-5-6-13(16)17-12-8-10(14)7-11(15)9-12/h7-9,14-15H,2-6H2,1H3. The summed E-state index contributed by atoms with van der Waals surface area (Å²) in [7, 11) is 0. The van der Waals surface area contributed by atoms with Gasteiger partial charge in [0.15, 0.2) is 0 Å². The fourth-order valence-electron chi connectivity index (χ4n) is 1.51. The van der Waals surface area contributed by atoms with Crippen LogP contribution in [0.2, 0.25) is 0 Å². The molecule has 0 saturated carbocycles. The molecule has 0 aliphatic rings. The van der Waals surface area contributed by atoms with Crippen molar-refractivity contribution in [1.29, 1.82) is 0 Å². The van der Waals surface area contributed by atoms with Gasteiger partial charge in [-0.3, -0.25) is 4.79 Å². The van der Waals surface area contributed by atoms with E-state index in [2.05, 4.69) is 6.92 Å². The molecule has 4 heteroatoms. The first kappa shape index (κ1) is 13.4. The van der Waals surface area contributed by atoms with E-state index in [-0.39, 0.29) is 23.2 Å². The average molecular weight is 238 g/mol. The summed E-state index contributed by atoms with van der Waals surface area (Å²) in [4.78, 5) is 11.4. The van der Waals surface area contributed by atoms with Crippen LogP contribution in [0.3, 0.4) is 0 Å². The Balaban J connectivity index is 2.39. The molecule has 0 aliphatic carbocycles. The van der Waals surface area contributed by atoms with Crippen molar-refractivity contribution in [3.05, 3.63) is 18.2 Å². The number of phenolic OH excluding ortho intramolecular Hbond substituents is 2. The van der Waals surface area contributed by atoms with Crippen LogP contribution in [0.5, 0.6) is 17.2 Å². The maximum absolute atomic E-state index is 11.4. The van der Waals surface area contributed by atoms with Gasteiger partial charge in [-0.1, -0.05) is 26.2 Å². The Bertz CT molecular complexity index is 353. The van der Waals surface area contributed by atoms with Crippen molar-refractivity contribution in [3.8, 4) is 17.2 Å². The van der Waals surface area contributed by atoms with Crippen LogP contribution in [0.1, 0.15) is 39.0 Å². The largest absolute Gasteiger partial charge is 0.508 e. The number of esters is 1. The zero-order chi connectivity index (χ0) is 12.7. The fourth-order valence-corrected chi connectivity index (χ4v) is 1.51. The van der Waals surface area contributed by atoms with Gasteiger partial charge in [0.1, 0.15) is 17.2 Å². The molecule has 1 aromatic carbocycles. The summed E-state index contributed by atoms with van der Waals surface area (Å²) in [6, 6.07) is 3.77. The number of rotatable bonds is 6. The molecule has 0 aliphatic heterocycles. The second-order valence-electron chi connectivity index (χ2n) is 3.97. The first-order valence-electron chi connectivity index (χ1n) is 5.85. The van der Waals surface area contributed by atoms with Gasteiger partial charge in [-0.2, -0.15) is 0 Å². The predicted molar refractivity (Wildman–Crippen MR) is 64.2 cm³/mol. The second kappa shape index (κ2) is 6.78. The number of unbranched alkanes of at least 4 members (excludes halogenated alkanes) is 3. The lowest BCUT2D eigenvalue weighted by molar-refractivity contribution is -0.134. The smallest absolute Gasteiger partial charge is 0.311 e. The third-order valence-electron chi connectivity index (χ3n) is 2.34. The molecule has 0 saturated heterocycles. The van der Waals surface area contributed by atoms with E-state index >= 15 is 0 Å². The van der Waals surface area contributed by atoms with Crippen LogP contribution in [-0.4, -0.2) is 16.2 Å². The summed E-state index contributed by atoms with van der Waals surface area (Å²) < 4.78 is 5.00. The Kier molecular flexibility index (Phi) is 5.33. The summed E-state index contributed by atoms with van der Waals surface area (Å²) in [6.07, 6.45) is 4.40. The van der Waals surface area contributed by atoms with E-state index in [9.17, 15) is 15.0 Å². The number of hydrogen-bond acceptors (Lipinski definition) is 4. The van der Waals surface area contributed by atoms with Gasteiger partial charge in [0.25, 0.3) is 0 Å². The monoisotopic (exact) mass is 238 g/mol. The van der Waals surface area contributed by atoms with Crippen LogP contribution in [0.4, 0.5) is 0 Å². The van der Waals surface area contributed by atoms with E-state index in [1.807, 2.05) is 0 Å². The van der Waals surface area contributed by atoms with E-state index in [0.717, 1.165) is 25.7 Å². The van der Waals surface area contributed by atoms with Gasteiger partial charge in [0.2, 0.25) is 0 Å². The average Bonchev–Trinajstić information content (AvgIpc) is 2.23. The molecule has 1 rings (SSSR count). The molecule has 0 aromatic heterocycles. The molecule has 0 spiro atoms. The second-order valence-corrected chi connectivity index (χ2v) is 3.97. The minimum atomic E-state index is -0.342. The van der Waals surface area contributed by atoms with E-state index in [4.69, 9.17) is 4.74 Å². The molecule has 0 radical (unpaired) electrons. The normalized spacial score (nSPS) is 10.2. The van der Waals surface area contributed by atoms with E-state index in [0.29, 0.717) is 6.42 Å². The summed E-state index contributed by atoms with van der Waals surface area (Å²) in [6.45, 7) is 2.11. The maximum Gasteiger partial charge on any atom is 0.311 e. The summed E-state index contributed by atoms with van der Waals surface area (Å²) >= 11 is 0. The van der Waals surface area contributed by atoms with Crippen molar-refractivity contribution in [2.45, 2.75) is 39.0 Å². The van der Waals surface area contributed by atoms with Crippen molar-refractivity contribution >= 4 is 5.97 Å². The Morgan fingerprint density at radius 1 is 1.12 bits per heavy atom. The van der Waals surface area contributed by atoms with Crippen molar-refractivity contribution in [2.24, 2.45) is 0 Å². The molecule has 0 bridgehead atoms. The maximum atomic E-state index is 11.4. The molecule has 0 fully saturated rings. The van der Waals surface area contributed by atoms with Gasteiger partial charge in [0.05, 0.1) is 0 Å². The van der Waals surface area contributed by atoms with Gasteiger partial charge in [-0.25, -0.2) is 0 Å². The molecule has 94 valence electrons. The number of benzene rings is 1. The third-order valence-corrected chi connectivity index (χ3v) is 2.34. The fraction of sp³-hybridized carbons (Fsp3) is 0.462. The molecule has 0 amide bonds. The quantitative estimate of drug-likeness (QED) is 0.454. The van der Waals surface area contributed by atoms with Crippen molar-refractivity contribution in [1.82, 2.24) is 0 Å². The molecule has 0 atom stereocenters. The molecule has 17 heavy (non-hydrogen) atoms. The van der Waals surface area contributed by atoms with Crippen molar-refractivity contribution in [2.75, 3.05) is 0 Å². The van der Waals surface area contributed by atoms with E-state index in [1.165, 1.54) is 18.2 Å². The SMILES string of the molecule is CCCCCCC(=O)Oc1cc(O)cc(O)c1. The highest BCUT2D eigenvalue weighted by Gasteiger charge is 2.06. The molecular weight excluding hydrogens is 220 g/mol. The van der Waals surface area contributed by atoms with Crippen LogP contribution in [-0.2, 0) is 4.79 Å². The topological polar surface area (TPSA) is 66.8 Å². The van der Waals surface area contributed by atoms with Crippen molar-refractivity contribution in [3.63, 3.8) is 0 Å². The summed E-state index contributed by atoms with van der Waals surface area (Å²) in [5, 5.41) is 18.4. The Morgan fingerprint density at radius 2 is 1.76 bits per heavy atom. The third kappa shape index (κ3) is 5.24. The van der Waals surface area contributed by atoms with Crippen LogP contribution in [0.15, 0.2) is 18.2 Å². The zero-order valence-corrected chi connectivity index (χ0v) is 9.98. The van der Waals surface area contributed by atoms with Gasteiger partial charge in [0, 0.05) is 24.6 Å². The number of carbonyl (C=O) groups is 1. The minimum absolute atomic E-state index is 0.126. The lowest BCUT2D eigenvalue weighted by Gasteiger charge is -2.05. The number of ether oxygens (including phenoxy) is 1. The molecule has 4 nitrogen and oxygen atoms in total. The van der Waals surface area contributed by atoms with Crippen LogP contribution < -0.4 is 4.74 Å². The highest BCUT2D eigenvalue weighted by molar-refractivity contribution is 5.72. The molecular formula is C13H18O4. The van der Waals surface area contributed by atoms with E-state index < -0.39 is 0 Å². The lowest BCUT2D eigenvalue weighted by Crippen LogP contribution is -2.07. The number of aromatic hydroxyl groups is 2. The molecule has 1 aromatic rings. The lowest BCUT2D eigenvalue weighted by atomic mass is 10.1. The van der Waals surface area contributed by atoms with Gasteiger partial charge < -0.3 is 14.9 Å². The molecule has 2 N–H and O–H groups in total.